The van der Waals surface area contributed by atoms with Crippen LogP contribution in [0.2, 0.25) is 0 Å². The Morgan fingerprint density at radius 3 is 2.43 bits per heavy atom. The van der Waals surface area contributed by atoms with Crippen molar-refractivity contribution >= 4 is 0 Å². The van der Waals surface area contributed by atoms with Crippen molar-refractivity contribution in [3.8, 4) is 0 Å². The lowest BCUT2D eigenvalue weighted by atomic mass is 9.43. The van der Waals surface area contributed by atoms with Crippen molar-refractivity contribution in [1.82, 2.24) is 9.96 Å². The average Bonchev–Trinajstić information content (AvgIpc) is 2.93. The van der Waals surface area contributed by atoms with Crippen LogP contribution in [0.4, 0.5) is 0 Å². The summed E-state index contributed by atoms with van der Waals surface area (Å²) in [6.45, 7) is 7.43. The number of aliphatic hydroxyl groups excluding tert-OH is 1. The van der Waals surface area contributed by atoms with Crippen LogP contribution in [0.25, 0.3) is 0 Å². The lowest BCUT2D eigenvalue weighted by molar-refractivity contribution is -0.218. The topological polar surface area (TPSA) is 56.2 Å². The van der Waals surface area contributed by atoms with E-state index in [1.165, 1.54) is 12.8 Å². The normalized spacial score (nSPS) is 48.5. The molecule has 8 atom stereocenters. The van der Waals surface area contributed by atoms with Crippen molar-refractivity contribution in [1.29, 1.82) is 0 Å². The summed E-state index contributed by atoms with van der Waals surface area (Å²) in [5, 5.41) is 24.5. The molecule has 0 amide bonds. The number of hydroxylamine groups is 2. The fourth-order valence-electron chi connectivity index (χ4n) is 8.35. The number of hydrogen-bond donors (Lipinski definition) is 2. The van der Waals surface area contributed by atoms with Crippen LogP contribution >= 0.6 is 0 Å². The highest BCUT2D eigenvalue weighted by Crippen LogP contribution is 2.69. The lowest BCUT2D eigenvalue weighted by Crippen LogP contribution is -2.62. The maximum atomic E-state index is 12.2. The molecule has 30 heavy (non-hydrogen) atoms. The van der Waals surface area contributed by atoms with Gasteiger partial charge in [-0.05, 0) is 101 Å². The molecule has 0 spiro atoms. The Morgan fingerprint density at radius 1 is 0.933 bits per heavy atom. The molecule has 5 nitrogen and oxygen atoms in total. The van der Waals surface area contributed by atoms with E-state index < -0.39 is 5.60 Å². The molecule has 2 N–H and O–H groups in total. The van der Waals surface area contributed by atoms with Crippen molar-refractivity contribution in [3.05, 3.63) is 0 Å². The molecule has 4 aliphatic carbocycles. The third-order valence-corrected chi connectivity index (χ3v) is 10.3. The van der Waals surface area contributed by atoms with Crippen molar-refractivity contribution in [2.45, 2.75) is 83.3 Å². The summed E-state index contributed by atoms with van der Waals surface area (Å²) in [5.74, 6) is 2.18. The second-order valence-electron chi connectivity index (χ2n) is 12.0. The molecule has 4 rings (SSSR count). The second-order valence-corrected chi connectivity index (χ2v) is 12.0. The molecule has 4 saturated carbocycles. The summed E-state index contributed by atoms with van der Waals surface area (Å²) in [6, 6.07) is 0. The van der Waals surface area contributed by atoms with E-state index in [0.29, 0.717) is 35.7 Å². The van der Waals surface area contributed by atoms with Gasteiger partial charge in [-0.25, -0.2) is 0 Å². The van der Waals surface area contributed by atoms with Gasteiger partial charge < -0.3 is 15.1 Å². The Balaban J connectivity index is 1.46. The molecular weight excluding hydrogens is 376 g/mol. The zero-order valence-electron chi connectivity index (χ0n) is 20.1. The van der Waals surface area contributed by atoms with E-state index in [1.807, 2.05) is 5.06 Å². The minimum absolute atomic E-state index is 0.00921. The van der Waals surface area contributed by atoms with E-state index in [0.717, 1.165) is 58.0 Å². The second kappa shape index (κ2) is 8.30. The van der Waals surface area contributed by atoms with E-state index >= 15 is 0 Å². The van der Waals surface area contributed by atoms with Gasteiger partial charge in [-0.1, -0.05) is 13.8 Å². The largest absolute Gasteiger partial charge is 0.393 e. The van der Waals surface area contributed by atoms with E-state index in [9.17, 15) is 10.2 Å². The van der Waals surface area contributed by atoms with Gasteiger partial charge in [0.25, 0.3) is 0 Å². The Kier molecular flexibility index (Phi) is 6.35. The predicted octanol–water partition coefficient (Wildman–Crippen LogP) is 3.55. The Morgan fingerprint density at radius 2 is 1.70 bits per heavy atom. The van der Waals surface area contributed by atoms with Crippen LogP contribution in [0, 0.1) is 34.5 Å². The summed E-state index contributed by atoms with van der Waals surface area (Å²) in [7, 11) is 6.20. The van der Waals surface area contributed by atoms with Gasteiger partial charge >= 0.3 is 0 Å². The van der Waals surface area contributed by atoms with Gasteiger partial charge in [-0.3, -0.25) is 4.84 Å². The third-order valence-electron chi connectivity index (χ3n) is 10.3. The number of nitrogens with zero attached hydrogens (tertiary/aromatic N) is 2. The number of likely N-dealkylation sites (N-methyl/N-ethyl adjacent to an activating group) is 1. The SMILES string of the molecule is CN(C)CCON(C)C[C@H]1CC[C@]2(O)[C@@H]3CC[C@@H]4C[C@@H](O)CC[C@]4(C)[C@H]3CC[C@]12C. The van der Waals surface area contributed by atoms with Crippen LogP contribution < -0.4 is 0 Å². The Bertz CT molecular complexity index is 615. The van der Waals surface area contributed by atoms with E-state index in [2.05, 4.69) is 39.9 Å². The Labute approximate surface area is 184 Å². The molecule has 5 heteroatoms. The van der Waals surface area contributed by atoms with Crippen LogP contribution in [-0.4, -0.2) is 72.7 Å². The van der Waals surface area contributed by atoms with Crippen LogP contribution in [0.3, 0.4) is 0 Å². The highest BCUT2D eigenvalue weighted by atomic mass is 16.7. The van der Waals surface area contributed by atoms with Gasteiger partial charge in [0.1, 0.15) is 0 Å². The monoisotopic (exact) mass is 422 g/mol. The molecule has 174 valence electrons. The first-order valence-corrected chi connectivity index (χ1v) is 12.5. The van der Waals surface area contributed by atoms with Gasteiger partial charge in [0.2, 0.25) is 0 Å². The van der Waals surface area contributed by atoms with E-state index in [-0.39, 0.29) is 11.5 Å². The van der Waals surface area contributed by atoms with E-state index in [4.69, 9.17) is 4.84 Å². The lowest BCUT2D eigenvalue weighted by Gasteiger charge is -2.63. The first-order chi connectivity index (χ1) is 14.1. The van der Waals surface area contributed by atoms with E-state index in [1.54, 1.807) is 0 Å². The number of aliphatic hydroxyl groups is 2. The fraction of sp³-hybridized carbons (Fsp3) is 1.00. The van der Waals surface area contributed by atoms with Crippen LogP contribution in [0.1, 0.15) is 71.6 Å². The van der Waals surface area contributed by atoms with Gasteiger partial charge in [-0.2, -0.15) is 5.06 Å². The average molecular weight is 423 g/mol. The summed E-state index contributed by atoms with van der Waals surface area (Å²) >= 11 is 0. The molecule has 0 aromatic carbocycles. The van der Waals surface area contributed by atoms with Gasteiger partial charge in [0.05, 0.1) is 18.3 Å². The summed E-state index contributed by atoms with van der Waals surface area (Å²) in [6.07, 6.45) is 9.73. The summed E-state index contributed by atoms with van der Waals surface area (Å²) < 4.78 is 0. The van der Waals surface area contributed by atoms with Crippen LogP contribution in [0.5, 0.6) is 0 Å². The number of fused-ring (bicyclic) bond motifs is 5. The fourth-order valence-corrected chi connectivity index (χ4v) is 8.35. The third kappa shape index (κ3) is 3.67. The molecule has 0 radical (unpaired) electrons. The quantitative estimate of drug-likeness (QED) is 0.641. The summed E-state index contributed by atoms with van der Waals surface area (Å²) in [5.41, 5.74) is -0.233. The molecule has 4 aliphatic rings. The highest BCUT2D eigenvalue weighted by molar-refractivity contribution is 5.16. The molecule has 0 bridgehead atoms. The molecule has 0 saturated heterocycles. The predicted molar refractivity (Wildman–Crippen MR) is 120 cm³/mol. The van der Waals surface area contributed by atoms with Gasteiger partial charge in [0.15, 0.2) is 0 Å². The molecule has 0 aromatic heterocycles. The molecule has 0 aromatic rings. The number of rotatable bonds is 6. The van der Waals surface area contributed by atoms with Crippen molar-refractivity contribution in [3.63, 3.8) is 0 Å². The van der Waals surface area contributed by atoms with Crippen molar-refractivity contribution in [2.75, 3.05) is 40.8 Å². The molecule has 0 heterocycles. The van der Waals surface area contributed by atoms with Gasteiger partial charge in [-0.15, -0.1) is 0 Å². The molecular formula is C25H46N2O3. The standard InChI is InChI=1S/C25H46N2O3/c1-23-11-9-20(28)16-18(23)6-7-22-21(23)10-12-24(2)19(8-13-25(22,24)29)17-27(5)30-15-14-26(3)4/h18-22,28-29H,6-17H2,1-5H3/t18-,19-,20+,21+,22-,23+,24-,25+/m1/s1. The van der Waals surface area contributed by atoms with Crippen LogP contribution in [-0.2, 0) is 4.84 Å². The van der Waals surface area contributed by atoms with Gasteiger partial charge in [0, 0.05) is 25.6 Å². The molecule has 4 fully saturated rings. The summed E-state index contributed by atoms with van der Waals surface area (Å²) in [4.78, 5) is 8.11. The number of hydrogen-bond acceptors (Lipinski definition) is 5. The Hall–Kier alpha value is -0.200. The zero-order chi connectivity index (χ0) is 21.7. The molecule has 0 unspecified atom stereocenters. The smallest absolute Gasteiger partial charge is 0.0811 e. The minimum atomic E-state index is -0.533. The maximum Gasteiger partial charge on any atom is 0.0811 e. The van der Waals surface area contributed by atoms with Crippen molar-refractivity contribution < 1.29 is 15.1 Å². The van der Waals surface area contributed by atoms with Crippen molar-refractivity contribution in [2.24, 2.45) is 34.5 Å². The first-order valence-electron chi connectivity index (χ1n) is 12.5. The maximum absolute atomic E-state index is 12.2. The minimum Gasteiger partial charge on any atom is -0.393 e. The highest BCUT2D eigenvalue weighted by Gasteiger charge is 2.67. The van der Waals surface area contributed by atoms with Crippen LogP contribution in [0.15, 0.2) is 0 Å². The molecule has 0 aliphatic heterocycles. The zero-order valence-corrected chi connectivity index (χ0v) is 20.1. The first kappa shape index (κ1) is 23.0.